The van der Waals surface area contributed by atoms with Crippen LogP contribution in [0.2, 0.25) is 0 Å². The van der Waals surface area contributed by atoms with E-state index in [1.54, 1.807) is 0 Å². The molecule has 124 valence electrons. The maximum Gasteiger partial charge on any atom is 0.471 e. The number of amides is 2. The monoisotopic (exact) mass is 343 g/mol. The van der Waals surface area contributed by atoms with Gasteiger partial charge in [0.25, 0.3) is 5.78 Å². The van der Waals surface area contributed by atoms with E-state index in [1.165, 1.54) is 10.6 Å². The summed E-state index contributed by atoms with van der Waals surface area (Å²) in [6, 6.07) is 0. The second-order valence-electron chi connectivity index (χ2n) is 3.78. The molecule has 2 aromatic heterocycles. The van der Waals surface area contributed by atoms with Crippen molar-refractivity contribution in [3.63, 3.8) is 0 Å². The van der Waals surface area contributed by atoms with Crippen molar-refractivity contribution in [2.45, 2.75) is 12.4 Å². The van der Waals surface area contributed by atoms with Crippen molar-refractivity contribution < 1.29 is 35.9 Å². The van der Waals surface area contributed by atoms with Gasteiger partial charge in [-0.15, -0.1) is 10.2 Å². The highest BCUT2D eigenvalue weighted by Crippen LogP contribution is 2.20. The minimum Gasteiger partial charge on any atom is -0.288 e. The maximum absolute atomic E-state index is 12.2. The van der Waals surface area contributed by atoms with Gasteiger partial charge in [0.2, 0.25) is 11.9 Å². The number of rotatable bonds is 2. The van der Waals surface area contributed by atoms with E-state index in [0.29, 0.717) is 4.40 Å². The molecule has 2 heterocycles. The molecule has 0 aliphatic rings. The van der Waals surface area contributed by atoms with Crippen LogP contribution in [0, 0.1) is 0 Å². The molecule has 2 rings (SSSR count). The molecule has 23 heavy (non-hydrogen) atoms. The summed E-state index contributed by atoms with van der Waals surface area (Å²) in [6.07, 6.45) is -9.75. The van der Waals surface area contributed by atoms with E-state index in [-0.39, 0.29) is 0 Å². The Labute approximate surface area is 120 Å². The molecule has 0 bridgehead atoms. The van der Waals surface area contributed by atoms with Gasteiger partial charge in [-0.1, -0.05) is 0 Å². The fourth-order valence-electron chi connectivity index (χ4n) is 1.22. The number of carbonyl (C=O) groups excluding carboxylic acids is 2. The number of fused-ring (bicyclic) bond motifs is 1. The van der Waals surface area contributed by atoms with Crippen LogP contribution in [-0.4, -0.2) is 48.7 Å². The molecule has 0 saturated carbocycles. The molecule has 0 saturated heterocycles. The third-order valence-electron chi connectivity index (χ3n) is 2.14. The third kappa shape index (κ3) is 3.61. The number of hydrogen-bond acceptors (Lipinski definition) is 6. The topological polar surface area (TPSA) is 114 Å². The zero-order chi connectivity index (χ0) is 17.4. The van der Waals surface area contributed by atoms with Crippen molar-refractivity contribution in [1.29, 1.82) is 0 Å². The average Bonchev–Trinajstić information content (AvgIpc) is 2.84. The van der Waals surface area contributed by atoms with Gasteiger partial charge >= 0.3 is 24.2 Å². The summed E-state index contributed by atoms with van der Waals surface area (Å²) < 4.78 is 73.7. The van der Waals surface area contributed by atoms with Gasteiger partial charge in [-0.25, -0.2) is 4.40 Å². The first kappa shape index (κ1) is 16.4. The lowest BCUT2D eigenvalue weighted by Crippen LogP contribution is -2.33. The Bertz CT molecular complexity index is 766. The maximum atomic E-state index is 12.2. The van der Waals surface area contributed by atoms with Crippen LogP contribution in [0.5, 0.6) is 0 Å². The third-order valence-corrected chi connectivity index (χ3v) is 2.14. The van der Waals surface area contributed by atoms with Gasteiger partial charge in [-0.3, -0.25) is 20.2 Å². The lowest BCUT2D eigenvalue weighted by Gasteiger charge is -2.10. The first-order valence-corrected chi connectivity index (χ1v) is 5.32. The summed E-state index contributed by atoms with van der Waals surface area (Å²) in [6.45, 7) is 0. The molecule has 2 N–H and O–H groups in total. The summed E-state index contributed by atoms with van der Waals surface area (Å²) in [7, 11) is 0. The molecule has 15 heteroatoms. The Balaban J connectivity index is 2.38. The predicted molar refractivity (Wildman–Crippen MR) is 57.9 cm³/mol. The minimum atomic E-state index is -5.28. The molecule has 2 aromatic rings. The lowest BCUT2D eigenvalue weighted by atomic mass is 10.6. The molecule has 0 unspecified atom stereocenters. The molecule has 0 aliphatic heterocycles. The van der Waals surface area contributed by atoms with E-state index in [9.17, 15) is 35.9 Å². The van der Waals surface area contributed by atoms with E-state index in [2.05, 4.69) is 20.2 Å². The van der Waals surface area contributed by atoms with E-state index in [0.717, 1.165) is 6.33 Å². The number of nitrogens with zero attached hydrogens (tertiary/aromatic N) is 5. The number of carbonyl (C=O) groups is 2. The van der Waals surface area contributed by atoms with Crippen molar-refractivity contribution in [3.05, 3.63) is 6.33 Å². The van der Waals surface area contributed by atoms with Gasteiger partial charge in [-0.2, -0.15) is 36.3 Å². The van der Waals surface area contributed by atoms with Crippen LogP contribution >= 0.6 is 0 Å². The largest absolute Gasteiger partial charge is 0.471 e. The zero-order valence-electron chi connectivity index (χ0n) is 10.4. The number of aromatic nitrogens is 5. The normalized spacial score (nSPS) is 12.3. The van der Waals surface area contributed by atoms with Crippen molar-refractivity contribution in [1.82, 2.24) is 24.6 Å². The van der Waals surface area contributed by atoms with Gasteiger partial charge in [0.15, 0.2) is 0 Å². The van der Waals surface area contributed by atoms with E-state index >= 15 is 0 Å². The van der Waals surface area contributed by atoms with Gasteiger partial charge in [0.1, 0.15) is 6.33 Å². The molecular formula is C8H3F6N7O2. The second-order valence-corrected chi connectivity index (χ2v) is 3.78. The van der Waals surface area contributed by atoms with Crippen molar-refractivity contribution >= 4 is 29.5 Å². The van der Waals surface area contributed by atoms with Crippen molar-refractivity contribution in [2.24, 2.45) is 0 Å². The van der Waals surface area contributed by atoms with E-state index < -0.39 is 41.8 Å². The Kier molecular flexibility index (Phi) is 3.79. The average molecular weight is 343 g/mol. The fourth-order valence-corrected chi connectivity index (χ4v) is 1.22. The Morgan fingerprint density at radius 2 is 1.52 bits per heavy atom. The zero-order valence-corrected chi connectivity index (χ0v) is 10.4. The van der Waals surface area contributed by atoms with Crippen LogP contribution in [0.3, 0.4) is 0 Å². The van der Waals surface area contributed by atoms with Crippen molar-refractivity contribution in [3.8, 4) is 0 Å². The second kappa shape index (κ2) is 5.33. The number of anilines is 2. The predicted octanol–water partition coefficient (Wildman–Crippen LogP) is 0.521. The summed E-state index contributed by atoms with van der Waals surface area (Å²) in [4.78, 5) is 28.2. The summed E-state index contributed by atoms with van der Waals surface area (Å²) in [5.74, 6) is -7.33. The molecule has 9 nitrogen and oxygen atoms in total. The summed E-state index contributed by atoms with van der Waals surface area (Å²) >= 11 is 0. The number of nitrogens with one attached hydrogen (secondary N) is 2. The van der Waals surface area contributed by atoms with Crippen LogP contribution < -0.4 is 10.6 Å². The summed E-state index contributed by atoms with van der Waals surface area (Å²) in [5.41, 5.74) is 0. The van der Waals surface area contributed by atoms with E-state index in [1.807, 2.05) is 0 Å². The van der Waals surface area contributed by atoms with Crippen molar-refractivity contribution in [2.75, 3.05) is 10.6 Å². The molecule has 0 radical (unpaired) electrons. The highest BCUT2D eigenvalue weighted by atomic mass is 19.4. The van der Waals surface area contributed by atoms with Gasteiger partial charge in [0, 0.05) is 0 Å². The quantitative estimate of drug-likeness (QED) is 0.769. The first-order valence-electron chi connectivity index (χ1n) is 5.32. The first-order chi connectivity index (χ1) is 10.5. The Morgan fingerprint density at radius 3 is 2.09 bits per heavy atom. The SMILES string of the molecule is O=C(Nc1nc(NC(=O)C(F)(F)F)n2cnnc2n1)C(F)(F)F. The molecule has 2 amide bonds. The molecule has 0 aliphatic carbocycles. The Hall–Kier alpha value is -3.00. The van der Waals surface area contributed by atoms with Crippen LogP contribution in [0.4, 0.5) is 38.2 Å². The van der Waals surface area contributed by atoms with Crippen LogP contribution in [0.1, 0.15) is 0 Å². The number of hydrogen-bond donors (Lipinski definition) is 2. The van der Waals surface area contributed by atoms with Crippen LogP contribution in [0.15, 0.2) is 6.33 Å². The number of alkyl halides is 6. The van der Waals surface area contributed by atoms with Gasteiger partial charge in [0.05, 0.1) is 0 Å². The smallest absolute Gasteiger partial charge is 0.288 e. The number of halogens is 6. The summed E-state index contributed by atoms with van der Waals surface area (Å²) in [5, 5.41) is 9.03. The standard InChI is InChI=1S/C8H3F6N7O2/c9-7(10,11)2(22)16-4-18-5(17-3(23)8(12,13)14)21-1-15-20-6(21)19-4/h1H,(H2,16,17,18,19,20,22,23). The molecule has 0 aromatic carbocycles. The van der Waals surface area contributed by atoms with Crippen LogP contribution in [-0.2, 0) is 9.59 Å². The van der Waals surface area contributed by atoms with Gasteiger partial charge < -0.3 is 0 Å². The van der Waals surface area contributed by atoms with E-state index in [4.69, 9.17) is 0 Å². The molecule has 0 fully saturated rings. The minimum absolute atomic E-state index is 0.505. The molecule has 0 atom stereocenters. The van der Waals surface area contributed by atoms with Gasteiger partial charge in [-0.05, 0) is 0 Å². The fraction of sp³-hybridized carbons (Fsp3) is 0.250. The highest BCUT2D eigenvalue weighted by Gasteiger charge is 2.40. The van der Waals surface area contributed by atoms with Crippen LogP contribution in [0.25, 0.3) is 5.78 Å². The lowest BCUT2D eigenvalue weighted by molar-refractivity contribution is -0.167. The molecular weight excluding hydrogens is 340 g/mol. The highest BCUT2D eigenvalue weighted by molar-refractivity contribution is 5.95. The molecule has 0 spiro atoms. The Morgan fingerprint density at radius 1 is 0.957 bits per heavy atom.